The third-order valence-electron chi connectivity index (χ3n) is 1.67. The Bertz CT molecular complexity index is 229. The summed E-state index contributed by atoms with van der Waals surface area (Å²) in [6.07, 6.45) is 7.91. The lowest BCUT2D eigenvalue weighted by Crippen LogP contribution is -1.84. The van der Waals surface area contributed by atoms with Gasteiger partial charge in [-0.3, -0.25) is 0 Å². The molecule has 0 spiro atoms. The highest BCUT2D eigenvalue weighted by atomic mass is 16.5. The van der Waals surface area contributed by atoms with Gasteiger partial charge in [0.2, 0.25) is 0 Å². The van der Waals surface area contributed by atoms with Crippen molar-refractivity contribution in [1.82, 2.24) is 0 Å². The Morgan fingerprint density at radius 1 is 1.31 bits per heavy atom. The highest BCUT2D eigenvalue weighted by molar-refractivity contribution is 5.02. The Hall–Kier alpha value is -1.23. The highest BCUT2D eigenvalue weighted by Gasteiger charge is 1.88. The minimum atomic E-state index is 0.400. The predicted molar refractivity (Wildman–Crippen MR) is 54.0 cm³/mol. The van der Waals surface area contributed by atoms with Gasteiger partial charge in [0.25, 0.3) is 6.26 Å². The Morgan fingerprint density at radius 3 is 2.54 bits per heavy atom. The van der Waals surface area contributed by atoms with Crippen LogP contribution < -0.4 is 0 Å². The summed E-state index contributed by atoms with van der Waals surface area (Å²) in [5, 5.41) is 8.12. The zero-order chi connectivity index (χ0) is 10.1. The van der Waals surface area contributed by atoms with Gasteiger partial charge in [-0.15, -0.1) is 0 Å². The molecule has 0 saturated carbocycles. The van der Waals surface area contributed by atoms with Crippen LogP contribution in [0.4, 0.5) is 0 Å². The molecule has 0 bridgehead atoms. The van der Waals surface area contributed by atoms with E-state index in [-0.39, 0.29) is 0 Å². The first kappa shape index (κ1) is 11.8. The molecule has 0 aromatic rings. The highest BCUT2D eigenvalue weighted by Crippen LogP contribution is 2.05. The zero-order valence-corrected chi connectivity index (χ0v) is 8.63. The first-order valence-corrected chi connectivity index (χ1v) is 4.46. The van der Waals surface area contributed by atoms with Gasteiger partial charge in [0.05, 0.1) is 0 Å². The first-order valence-electron chi connectivity index (χ1n) is 4.46. The molecule has 0 aliphatic heterocycles. The summed E-state index contributed by atoms with van der Waals surface area (Å²) in [6, 6.07) is 0. The van der Waals surface area contributed by atoms with E-state index in [1.165, 1.54) is 11.1 Å². The Morgan fingerprint density at radius 2 is 2.00 bits per heavy atom. The van der Waals surface area contributed by atoms with Crippen LogP contribution in [0.3, 0.4) is 0 Å². The summed E-state index contributed by atoms with van der Waals surface area (Å²) >= 11 is 0. The number of hydrogen-bond donors (Lipinski definition) is 0. The van der Waals surface area contributed by atoms with Crippen molar-refractivity contribution in [3.8, 4) is 6.26 Å². The van der Waals surface area contributed by atoms with E-state index in [4.69, 9.17) is 5.26 Å². The monoisotopic (exact) mass is 179 g/mol. The van der Waals surface area contributed by atoms with Crippen LogP contribution in [0, 0.1) is 11.5 Å². The van der Waals surface area contributed by atoms with Crippen molar-refractivity contribution in [2.45, 2.75) is 33.6 Å². The van der Waals surface area contributed by atoms with Gasteiger partial charge in [-0.2, -0.15) is 5.26 Å². The molecule has 0 fully saturated rings. The third kappa shape index (κ3) is 8.68. The van der Waals surface area contributed by atoms with E-state index in [2.05, 4.69) is 31.6 Å². The van der Waals surface area contributed by atoms with Crippen LogP contribution in [0.25, 0.3) is 0 Å². The summed E-state index contributed by atoms with van der Waals surface area (Å²) in [6.45, 7) is 6.65. The molecule has 0 N–H and O–H groups in total. The molecule has 0 atom stereocenters. The van der Waals surface area contributed by atoms with Crippen LogP contribution in [0.1, 0.15) is 33.6 Å². The van der Waals surface area contributed by atoms with Crippen molar-refractivity contribution in [1.29, 1.82) is 5.26 Å². The largest absolute Gasteiger partial charge is 0.423 e. The van der Waals surface area contributed by atoms with E-state index in [0.29, 0.717) is 6.61 Å². The molecule has 0 aromatic carbocycles. The molecule has 0 unspecified atom stereocenters. The lowest BCUT2D eigenvalue weighted by Gasteiger charge is -1.97. The quantitative estimate of drug-likeness (QED) is 0.369. The van der Waals surface area contributed by atoms with Crippen LogP contribution in [0.2, 0.25) is 0 Å². The maximum atomic E-state index is 8.12. The lowest BCUT2D eigenvalue weighted by molar-refractivity contribution is 0.311. The molecule has 0 aliphatic carbocycles. The maximum absolute atomic E-state index is 8.12. The molecule has 2 nitrogen and oxygen atoms in total. The van der Waals surface area contributed by atoms with Crippen molar-refractivity contribution < 1.29 is 4.74 Å². The molecule has 0 heterocycles. The van der Waals surface area contributed by atoms with E-state index in [1.807, 2.05) is 6.08 Å². The fourth-order valence-corrected chi connectivity index (χ4v) is 0.912. The van der Waals surface area contributed by atoms with E-state index < -0.39 is 0 Å². The second-order valence-electron chi connectivity index (χ2n) is 3.27. The van der Waals surface area contributed by atoms with Crippen molar-refractivity contribution in [2.75, 3.05) is 6.61 Å². The smallest absolute Gasteiger partial charge is 0.286 e. The minimum Gasteiger partial charge on any atom is -0.423 e. The standard InChI is InChI=1S/C11H17NO/c1-10(2)5-4-6-11(3)7-8-13-9-12/h5,7H,4,6,8H2,1-3H3/b11-7+. The molecule has 72 valence electrons. The average Bonchev–Trinajstić information content (AvgIpc) is 2.04. The normalized spacial score (nSPS) is 10.5. The van der Waals surface area contributed by atoms with E-state index in [1.54, 1.807) is 6.26 Å². The van der Waals surface area contributed by atoms with E-state index in [0.717, 1.165) is 12.8 Å². The van der Waals surface area contributed by atoms with Crippen LogP contribution in [0.15, 0.2) is 23.3 Å². The summed E-state index contributed by atoms with van der Waals surface area (Å²) < 4.78 is 4.55. The molecule has 0 aliphatic rings. The topological polar surface area (TPSA) is 33.0 Å². The second kappa shape index (κ2) is 7.42. The van der Waals surface area contributed by atoms with Crippen LogP contribution >= 0.6 is 0 Å². The van der Waals surface area contributed by atoms with Crippen molar-refractivity contribution in [3.05, 3.63) is 23.3 Å². The molecular formula is C11H17NO. The van der Waals surface area contributed by atoms with Crippen molar-refractivity contribution in [2.24, 2.45) is 0 Å². The van der Waals surface area contributed by atoms with Gasteiger partial charge in [0.1, 0.15) is 6.61 Å². The number of nitrogens with zero attached hydrogens (tertiary/aromatic N) is 1. The summed E-state index contributed by atoms with van der Waals surface area (Å²) in [5.41, 5.74) is 2.62. The molecule has 0 saturated heterocycles. The lowest BCUT2D eigenvalue weighted by atomic mass is 10.1. The predicted octanol–water partition coefficient (Wildman–Crippen LogP) is 3.18. The van der Waals surface area contributed by atoms with Crippen molar-refractivity contribution >= 4 is 0 Å². The molecule has 2 heteroatoms. The number of allylic oxidation sites excluding steroid dienone is 3. The Labute approximate surface area is 80.5 Å². The van der Waals surface area contributed by atoms with E-state index >= 15 is 0 Å². The number of ether oxygens (including phenoxy) is 1. The minimum absolute atomic E-state index is 0.400. The third-order valence-corrected chi connectivity index (χ3v) is 1.67. The zero-order valence-electron chi connectivity index (χ0n) is 8.63. The van der Waals surface area contributed by atoms with Gasteiger partial charge in [-0.1, -0.05) is 17.2 Å². The van der Waals surface area contributed by atoms with Gasteiger partial charge in [0, 0.05) is 0 Å². The molecule has 0 rings (SSSR count). The van der Waals surface area contributed by atoms with E-state index in [9.17, 15) is 0 Å². The van der Waals surface area contributed by atoms with Crippen LogP contribution in [0.5, 0.6) is 0 Å². The summed E-state index contributed by atoms with van der Waals surface area (Å²) in [5.74, 6) is 0. The fraction of sp³-hybridized carbons (Fsp3) is 0.545. The summed E-state index contributed by atoms with van der Waals surface area (Å²) in [7, 11) is 0. The number of rotatable bonds is 5. The SMILES string of the molecule is CC(C)=CCC/C(C)=C/COC#N. The first-order chi connectivity index (χ1) is 6.16. The molecular weight excluding hydrogens is 162 g/mol. The van der Waals surface area contributed by atoms with Gasteiger partial charge in [-0.25, -0.2) is 0 Å². The fourth-order valence-electron chi connectivity index (χ4n) is 0.912. The molecule has 0 radical (unpaired) electrons. The summed E-state index contributed by atoms with van der Waals surface area (Å²) in [4.78, 5) is 0. The van der Waals surface area contributed by atoms with Crippen molar-refractivity contribution in [3.63, 3.8) is 0 Å². The molecule has 0 amide bonds. The molecule has 0 aromatic heterocycles. The Kier molecular flexibility index (Phi) is 6.72. The average molecular weight is 179 g/mol. The molecule has 13 heavy (non-hydrogen) atoms. The Balaban J connectivity index is 3.62. The van der Waals surface area contributed by atoms with Crippen LogP contribution in [-0.4, -0.2) is 6.61 Å². The number of hydrogen-bond acceptors (Lipinski definition) is 2. The van der Waals surface area contributed by atoms with Gasteiger partial charge < -0.3 is 4.74 Å². The maximum Gasteiger partial charge on any atom is 0.286 e. The van der Waals surface area contributed by atoms with Crippen LogP contribution in [-0.2, 0) is 4.74 Å². The van der Waals surface area contributed by atoms with Gasteiger partial charge in [-0.05, 0) is 39.7 Å². The number of nitriles is 1. The van der Waals surface area contributed by atoms with Gasteiger partial charge in [0.15, 0.2) is 0 Å². The second-order valence-corrected chi connectivity index (χ2v) is 3.27. The van der Waals surface area contributed by atoms with Gasteiger partial charge >= 0.3 is 0 Å².